The monoisotopic (exact) mass is 741 g/mol. The molecule has 0 spiro atoms. The maximum absolute atomic E-state index is 13.4. The lowest BCUT2D eigenvalue weighted by molar-refractivity contribution is -0.0915. The van der Waals surface area contributed by atoms with Gasteiger partial charge in [0.2, 0.25) is 0 Å². The summed E-state index contributed by atoms with van der Waals surface area (Å²) in [7, 11) is 4.76. The van der Waals surface area contributed by atoms with Crippen LogP contribution in [-0.4, -0.2) is 62.3 Å². The van der Waals surface area contributed by atoms with Crippen LogP contribution in [0.4, 0.5) is 5.82 Å². The first-order valence-electron chi connectivity index (χ1n) is 16.6. The van der Waals surface area contributed by atoms with Crippen LogP contribution in [-0.2, 0) is 35.9 Å². The van der Waals surface area contributed by atoms with Gasteiger partial charge in [0.05, 0.1) is 26.9 Å². The van der Waals surface area contributed by atoms with Gasteiger partial charge in [-0.3, -0.25) is 9.36 Å². The summed E-state index contributed by atoms with van der Waals surface area (Å²) in [6.07, 6.45) is -0.221. The van der Waals surface area contributed by atoms with Crippen molar-refractivity contribution >= 4 is 30.0 Å². The smallest absolute Gasteiger partial charge is 0.351 e. The van der Waals surface area contributed by atoms with Gasteiger partial charge < -0.3 is 33.3 Å². The van der Waals surface area contributed by atoms with E-state index >= 15 is 0 Å². The molecule has 0 aliphatic carbocycles. The minimum Gasteiger partial charge on any atom is -0.497 e. The van der Waals surface area contributed by atoms with Gasteiger partial charge in [0.25, 0.3) is 5.91 Å². The van der Waals surface area contributed by atoms with Crippen LogP contribution in [0.5, 0.6) is 11.5 Å². The van der Waals surface area contributed by atoms with E-state index in [9.17, 15) is 9.59 Å². The van der Waals surface area contributed by atoms with E-state index in [4.69, 9.17) is 39.8 Å². The predicted molar refractivity (Wildman–Crippen MR) is 202 cm³/mol. The average molecular weight is 742 g/mol. The molecule has 4 aromatic carbocycles. The van der Waals surface area contributed by atoms with E-state index in [1.54, 1.807) is 57.4 Å². The molecule has 0 radical (unpaired) electrons. The van der Waals surface area contributed by atoms with E-state index in [-0.39, 0.29) is 24.8 Å². The number of carbonyl (C=O) groups is 1. The lowest BCUT2D eigenvalue weighted by Crippen LogP contribution is -2.38. The summed E-state index contributed by atoms with van der Waals surface area (Å²) in [5.41, 5.74) is 1.30. The fourth-order valence-corrected chi connectivity index (χ4v) is 7.31. The Balaban J connectivity index is 1.34. The number of rotatable bonds is 14. The largest absolute Gasteiger partial charge is 0.497 e. The SMILES string of the molecule is COc1ccc(C(OC[C@H]2O[C@@H](n3ccc(NC(=O)c4ccccc4)nc3=O)C[C@@H]2O[P@@](C)(=S)OC)(c2ccccc2)c2ccc(OC)cc2)cc1. The van der Waals surface area contributed by atoms with E-state index in [1.807, 2.05) is 84.9 Å². The highest BCUT2D eigenvalue weighted by molar-refractivity contribution is 8.09. The van der Waals surface area contributed by atoms with Gasteiger partial charge in [-0.05, 0) is 71.0 Å². The van der Waals surface area contributed by atoms with E-state index in [1.165, 1.54) is 11.7 Å². The summed E-state index contributed by atoms with van der Waals surface area (Å²) >= 11 is 5.67. The van der Waals surface area contributed by atoms with E-state index in [0.717, 1.165) is 16.7 Å². The summed E-state index contributed by atoms with van der Waals surface area (Å²) in [5, 5.41) is 2.68. The predicted octanol–water partition coefficient (Wildman–Crippen LogP) is 6.78. The number of benzene rings is 4. The second-order valence-corrected chi connectivity index (χ2v) is 16.2. The van der Waals surface area contributed by atoms with E-state index in [2.05, 4.69) is 10.3 Å². The van der Waals surface area contributed by atoms with Gasteiger partial charge in [-0.15, -0.1) is 0 Å². The minimum absolute atomic E-state index is 0.0422. The highest BCUT2D eigenvalue weighted by atomic mass is 32.5. The minimum atomic E-state index is -2.68. The first-order chi connectivity index (χ1) is 25.2. The van der Waals surface area contributed by atoms with Crippen molar-refractivity contribution in [3.8, 4) is 11.5 Å². The van der Waals surface area contributed by atoms with Crippen molar-refractivity contribution in [1.82, 2.24) is 9.55 Å². The van der Waals surface area contributed by atoms with Gasteiger partial charge in [-0.2, -0.15) is 4.98 Å². The van der Waals surface area contributed by atoms with Crippen LogP contribution < -0.4 is 20.5 Å². The van der Waals surface area contributed by atoms with Crippen LogP contribution >= 0.6 is 6.49 Å². The number of aromatic nitrogens is 2. The highest BCUT2D eigenvalue weighted by Gasteiger charge is 2.44. The van der Waals surface area contributed by atoms with Crippen molar-refractivity contribution in [3.63, 3.8) is 0 Å². The molecule has 0 saturated carbocycles. The maximum Gasteiger partial charge on any atom is 0.351 e. The molecular formula is C39H40N3O8PS. The summed E-state index contributed by atoms with van der Waals surface area (Å²) in [6.45, 7) is -0.893. The molecule has 6 rings (SSSR count). The van der Waals surface area contributed by atoms with Crippen LogP contribution in [0.1, 0.15) is 39.7 Å². The Morgan fingerprint density at radius 2 is 1.42 bits per heavy atom. The molecule has 1 aromatic heterocycles. The molecule has 1 aliphatic heterocycles. The molecule has 1 amide bonds. The molecule has 1 N–H and O–H groups in total. The number of ether oxygens (including phenoxy) is 4. The van der Waals surface area contributed by atoms with E-state index < -0.39 is 36.2 Å². The highest BCUT2D eigenvalue weighted by Crippen LogP contribution is 2.49. The molecule has 0 bridgehead atoms. The quantitative estimate of drug-likeness (QED) is 0.0964. The van der Waals surface area contributed by atoms with Gasteiger partial charge in [-0.25, -0.2) is 4.79 Å². The van der Waals surface area contributed by atoms with Crippen molar-refractivity contribution in [2.75, 3.05) is 39.9 Å². The third-order valence-corrected chi connectivity index (χ3v) is 10.9. The molecule has 1 saturated heterocycles. The first kappa shape index (κ1) is 37.1. The Morgan fingerprint density at radius 1 is 0.865 bits per heavy atom. The molecule has 270 valence electrons. The lowest BCUT2D eigenvalue weighted by atomic mass is 9.80. The van der Waals surface area contributed by atoms with Crippen molar-refractivity contribution in [1.29, 1.82) is 0 Å². The zero-order chi connectivity index (χ0) is 36.7. The second-order valence-electron chi connectivity index (χ2n) is 12.1. The van der Waals surface area contributed by atoms with Gasteiger partial charge in [0.1, 0.15) is 35.2 Å². The number of nitrogens with zero attached hydrogens (tertiary/aromatic N) is 2. The standard InChI is InChI=1S/C39H40N3O8PS/c1-45-31-19-15-29(16-20-31)39(28-13-9-6-10-14-28,30-17-21-32(46-2)22-18-30)48-26-34-33(50-51(4,52)47-3)25-36(49-34)42-24-23-35(41-38(42)44)40-37(43)27-11-7-5-8-12-27/h5-24,33-34,36H,25-26H2,1-4H3,(H,40,41,43,44)/t33-,34+,36+,51-/m0/s1. The zero-order valence-corrected chi connectivity index (χ0v) is 30.9. The number of carbonyl (C=O) groups excluding carboxylic acids is 1. The molecule has 4 atom stereocenters. The zero-order valence-electron chi connectivity index (χ0n) is 29.2. The molecule has 0 unspecified atom stereocenters. The van der Waals surface area contributed by atoms with Gasteiger partial charge in [0, 0.05) is 32.0 Å². The number of methoxy groups -OCH3 is 2. The van der Waals surface area contributed by atoms with Crippen molar-refractivity contribution in [2.45, 2.75) is 30.5 Å². The number of amides is 1. The third kappa shape index (κ3) is 8.18. The van der Waals surface area contributed by atoms with Gasteiger partial charge in [0.15, 0.2) is 6.49 Å². The van der Waals surface area contributed by atoms with Crippen LogP contribution in [0.3, 0.4) is 0 Å². The van der Waals surface area contributed by atoms with Crippen molar-refractivity contribution in [2.24, 2.45) is 0 Å². The van der Waals surface area contributed by atoms with Crippen LogP contribution in [0, 0.1) is 0 Å². The summed E-state index contributed by atoms with van der Waals surface area (Å²) in [5.74, 6) is 1.15. The average Bonchev–Trinajstić information content (AvgIpc) is 3.57. The Bertz CT molecular complexity index is 2020. The van der Waals surface area contributed by atoms with Crippen LogP contribution in [0.25, 0.3) is 0 Å². The first-order valence-corrected chi connectivity index (χ1v) is 19.7. The summed E-state index contributed by atoms with van der Waals surface area (Å²) in [6, 6.07) is 35.6. The lowest BCUT2D eigenvalue weighted by Gasteiger charge is -2.37. The molecule has 1 fully saturated rings. The van der Waals surface area contributed by atoms with Crippen molar-refractivity contribution < 1.29 is 32.8 Å². The van der Waals surface area contributed by atoms with Crippen LogP contribution in [0.15, 0.2) is 126 Å². The third-order valence-electron chi connectivity index (χ3n) is 8.89. The second kappa shape index (κ2) is 16.3. The Kier molecular flexibility index (Phi) is 11.6. The molecule has 2 heterocycles. The molecule has 5 aromatic rings. The Morgan fingerprint density at radius 3 is 1.96 bits per heavy atom. The molecule has 1 aliphatic rings. The van der Waals surface area contributed by atoms with Gasteiger partial charge >= 0.3 is 5.69 Å². The molecule has 11 nitrogen and oxygen atoms in total. The fraction of sp³-hybridized carbons (Fsp3) is 0.256. The summed E-state index contributed by atoms with van der Waals surface area (Å²) in [4.78, 5) is 30.2. The Hall–Kier alpha value is -4.68. The van der Waals surface area contributed by atoms with Gasteiger partial charge in [-0.1, -0.05) is 72.8 Å². The molecular weight excluding hydrogens is 701 g/mol. The summed E-state index contributed by atoms with van der Waals surface area (Å²) < 4.78 is 38.0. The normalized spacial score (nSPS) is 18.3. The molecule has 13 heteroatoms. The Labute approximate surface area is 307 Å². The maximum atomic E-state index is 13.4. The van der Waals surface area contributed by atoms with Crippen LogP contribution in [0.2, 0.25) is 0 Å². The molecule has 52 heavy (non-hydrogen) atoms. The van der Waals surface area contributed by atoms with Crippen molar-refractivity contribution in [3.05, 3.63) is 154 Å². The number of anilines is 1. The fourth-order valence-electron chi connectivity index (χ4n) is 6.18. The number of hydrogen-bond donors (Lipinski definition) is 1. The van der Waals surface area contributed by atoms with E-state index in [0.29, 0.717) is 17.1 Å². The number of nitrogens with one attached hydrogen (secondary N) is 1. The number of hydrogen-bond acceptors (Lipinski definition) is 10. The topological polar surface area (TPSA) is 119 Å².